The fraction of sp³-hybridized carbons (Fsp3) is 0.667. The van der Waals surface area contributed by atoms with Gasteiger partial charge in [0.15, 0.2) is 0 Å². The van der Waals surface area contributed by atoms with E-state index in [1.807, 2.05) is 17.5 Å². The molecule has 0 aromatic carbocycles. The van der Waals surface area contributed by atoms with Crippen molar-refractivity contribution in [1.29, 1.82) is 0 Å². The highest BCUT2D eigenvalue weighted by atomic mass is 32.1. The zero-order valence-electron chi connectivity index (χ0n) is 10.2. The van der Waals surface area contributed by atoms with Gasteiger partial charge in [-0.1, -0.05) is 6.07 Å². The molecule has 0 bridgehead atoms. The van der Waals surface area contributed by atoms with Crippen molar-refractivity contribution < 1.29 is 9.84 Å². The lowest BCUT2D eigenvalue weighted by molar-refractivity contribution is 0.0271. The van der Waals surface area contributed by atoms with Gasteiger partial charge < -0.3 is 15.2 Å². The van der Waals surface area contributed by atoms with E-state index < -0.39 is 6.10 Å². The summed E-state index contributed by atoms with van der Waals surface area (Å²) in [5.74, 6) is 0. The molecular weight excluding hydrogens is 222 g/mol. The first-order chi connectivity index (χ1) is 7.47. The highest BCUT2D eigenvalue weighted by molar-refractivity contribution is 7.09. The standard InChI is InChI=1S/C12H21NO2S/c1-12(2,3)13-7-10(14)8-15-9-11-5-4-6-16-11/h4-6,10,13-14H,7-9H2,1-3H3. The Kier molecular flexibility index (Phi) is 5.41. The number of nitrogens with one attached hydrogen (secondary N) is 1. The van der Waals surface area contributed by atoms with Crippen LogP contribution in [0.1, 0.15) is 25.6 Å². The predicted molar refractivity (Wildman–Crippen MR) is 67.7 cm³/mol. The maximum absolute atomic E-state index is 9.66. The zero-order chi connectivity index (χ0) is 12.0. The van der Waals surface area contributed by atoms with Crippen molar-refractivity contribution in [2.75, 3.05) is 13.2 Å². The number of aliphatic hydroxyl groups is 1. The number of hydrogen-bond donors (Lipinski definition) is 2. The molecule has 1 unspecified atom stereocenters. The minimum atomic E-state index is -0.445. The van der Waals surface area contributed by atoms with Crippen LogP contribution in [0.5, 0.6) is 0 Å². The van der Waals surface area contributed by atoms with Crippen molar-refractivity contribution in [2.45, 2.75) is 39.0 Å². The van der Waals surface area contributed by atoms with E-state index >= 15 is 0 Å². The largest absolute Gasteiger partial charge is 0.389 e. The third-order valence-corrected chi connectivity index (χ3v) is 2.85. The molecule has 1 aromatic heterocycles. The number of hydrogen-bond acceptors (Lipinski definition) is 4. The Morgan fingerprint density at radius 3 is 2.81 bits per heavy atom. The smallest absolute Gasteiger partial charge is 0.0898 e. The molecule has 0 radical (unpaired) electrons. The molecule has 0 aliphatic carbocycles. The Balaban J connectivity index is 2.09. The highest BCUT2D eigenvalue weighted by Gasteiger charge is 2.12. The summed E-state index contributed by atoms with van der Waals surface area (Å²) in [6.07, 6.45) is -0.445. The number of rotatable bonds is 6. The Morgan fingerprint density at radius 2 is 2.25 bits per heavy atom. The molecule has 4 heteroatoms. The second-order valence-corrected chi connectivity index (χ2v) is 5.91. The average Bonchev–Trinajstić information content (AvgIpc) is 2.66. The van der Waals surface area contributed by atoms with Crippen LogP contribution in [0.15, 0.2) is 17.5 Å². The van der Waals surface area contributed by atoms with E-state index in [0.717, 1.165) is 0 Å². The maximum atomic E-state index is 9.66. The summed E-state index contributed by atoms with van der Waals surface area (Å²) in [5.41, 5.74) is 0.0364. The van der Waals surface area contributed by atoms with Gasteiger partial charge in [0.2, 0.25) is 0 Å². The predicted octanol–water partition coefficient (Wildman–Crippen LogP) is 2.01. The van der Waals surface area contributed by atoms with Crippen LogP contribution in [0, 0.1) is 0 Å². The molecule has 1 atom stereocenters. The van der Waals surface area contributed by atoms with Crippen LogP contribution in [-0.2, 0) is 11.3 Å². The Labute approximate surface area is 101 Å². The summed E-state index contributed by atoms with van der Waals surface area (Å²) in [4.78, 5) is 1.19. The third kappa shape index (κ3) is 6.23. The van der Waals surface area contributed by atoms with Crippen molar-refractivity contribution in [1.82, 2.24) is 5.32 Å². The molecule has 0 fully saturated rings. The minimum absolute atomic E-state index is 0.0364. The summed E-state index contributed by atoms with van der Waals surface area (Å²) >= 11 is 1.67. The monoisotopic (exact) mass is 243 g/mol. The zero-order valence-corrected chi connectivity index (χ0v) is 11.0. The quantitative estimate of drug-likeness (QED) is 0.803. The summed E-state index contributed by atoms with van der Waals surface area (Å²) in [6.45, 7) is 7.75. The molecule has 1 heterocycles. The Morgan fingerprint density at radius 1 is 1.50 bits per heavy atom. The maximum Gasteiger partial charge on any atom is 0.0898 e. The van der Waals surface area contributed by atoms with E-state index in [4.69, 9.17) is 4.74 Å². The van der Waals surface area contributed by atoms with Crippen LogP contribution in [0.2, 0.25) is 0 Å². The van der Waals surface area contributed by atoms with Gasteiger partial charge in [-0.05, 0) is 32.2 Å². The van der Waals surface area contributed by atoms with Crippen molar-refractivity contribution >= 4 is 11.3 Å². The van der Waals surface area contributed by atoms with E-state index in [1.54, 1.807) is 11.3 Å². The van der Waals surface area contributed by atoms with E-state index in [0.29, 0.717) is 19.8 Å². The van der Waals surface area contributed by atoms with E-state index in [9.17, 15) is 5.11 Å². The number of thiophene rings is 1. The lowest BCUT2D eigenvalue weighted by Gasteiger charge is -2.22. The van der Waals surface area contributed by atoms with Gasteiger partial charge in [-0.25, -0.2) is 0 Å². The lowest BCUT2D eigenvalue weighted by atomic mass is 10.1. The van der Waals surface area contributed by atoms with Gasteiger partial charge in [0, 0.05) is 17.0 Å². The summed E-state index contributed by atoms with van der Waals surface area (Å²) in [6, 6.07) is 4.03. The molecule has 3 nitrogen and oxygen atoms in total. The third-order valence-electron chi connectivity index (χ3n) is 2.00. The second-order valence-electron chi connectivity index (χ2n) is 4.88. The molecule has 0 saturated heterocycles. The first-order valence-corrected chi connectivity index (χ1v) is 6.38. The molecule has 2 N–H and O–H groups in total. The fourth-order valence-electron chi connectivity index (χ4n) is 1.17. The normalized spacial score (nSPS) is 14.0. The lowest BCUT2D eigenvalue weighted by Crippen LogP contribution is -2.42. The number of ether oxygens (including phenoxy) is 1. The molecule has 0 saturated carbocycles. The van der Waals surface area contributed by atoms with Crippen LogP contribution in [-0.4, -0.2) is 29.9 Å². The highest BCUT2D eigenvalue weighted by Crippen LogP contribution is 2.09. The van der Waals surface area contributed by atoms with Gasteiger partial charge >= 0.3 is 0 Å². The number of aliphatic hydroxyl groups excluding tert-OH is 1. The van der Waals surface area contributed by atoms with Crippen LogP contribution in [0.3, 0.4) is 0 Å². The van der Waals surface area contributed by atoms with Gasteiger partial charge in [-0.3, -0.25) is 0 Å². The first-order valence-electron chi connectivity index (χ1n) is 5.50. The van der Waals surface area contributed by atoms with E-state index in [-0.39, 0.29) is 5.54 Å². The van der Waals surface area contributed by atoms with Gasteiger partial charge in [-0.15, -0.1) is 11.3 Å². The van der Waals surface area contributed by atoms with Crippen LogP contribution < -0.4 is 5.32 Å². The van der Waals surface area contributed by atoms with Crippen molar-refractivity contribution in [3.8, 4) is 0 Å². The molecule has 0 aliphatic rings. The minimum Gasteiger partial charge on any atom is -0.389 e. The van der Waals surface area contributed by atoms with E-state index in [1.165, 1.54) is 4.88 Å². The van der Waals surface area contributed by atoms with Crippen LogP contribution >= 0.6 is 11.3 Å². The van der Waals surface area contributed by atoms with Gasteiger partial charge in [0.05, 0.1) is 19.3 Å². The van der Waals surface area contributed by atoms with Crippen molar-refractivity contribution in [2.24, 2.45) is 0 Å². The second kappa shape index (κ2) is 6.35. The Hall–Kier alpha value is -0.420. The van der Waals surface area contributed by atoms with Crippen molar-refractivity contribution in [3.63, 3.8) is 0 Å². The summed E-state index contributed by atoms with van der Waals surface area (Å²) in [5, 5.41) is 14.9. The average molecular weight is 243 g/mol. The topological polar surface area (TPSA) is 41.5 Å². The molecule has 16 heavy (non-hydrogen) atoms. The SMILES string of the molecule is CC(C)(C)NCC(O)COCc1cccs1. The molecule has 0 spiro atoms. The first kappa shape index (κ1) is 13.6. The van der Waals surface area contributed by atoms with Gasteiger partial charge in [-0.2, -0.15) is 0 Å². The van der Waals surface area contributed by atoms with Crippen LogP contribution in [0.25, 0.3) is 0 Å². The summed E-state index contributed by atoms with van der Waals surface area (Å²) in [7, 11) is 0. The Bertz CT molecular complexity index is 280. The number of β-amino-alcohol motifs (C(OH)–C–C–N with tert-alkyl or cyclic N) is 1. The fourth-order valence-corrected chi connectivity index (χ4v) is 1.81. The molecular formula is C12H21NO2S. The van der Waals surface area contributed by atoms with Crippen LogP contribution in [0.4, 0.5) is 0 Å². The molecule has 1 aromatic rings. The molecule has 92 valence electrons. The summed E-state index contributed by atoms with van der Waals surface area (Å²) < 4.78 is 5.43. The van der Waals surface area contributed by atoms with Crippen molar-refractivity contribution in [3.05, 3.63) is 22.4 Å². The van der Waals surface area contributed by atoms with Gasteiger partial charge in [0.1, 0.15) is 0 Å². The van der Waals surface area contributed by atoms with Gasteiger partial charge in [0.25, 0.3) is 0 Å². The van der Waals surface area contributed by atoms with E-state index in [2.05, 4.69) is 26.1 Å². The molecule has 1 rings (SSSR count). The molecule has 0 amide bonds. The molecule has 0 aliphatic heterocycles.